The molecule has 0 spiro atoms. The van der Waals surface area contributed by atoms with Crippen LogP contribution in [0.5, 0.6) is 5.75 Å². The summed E-state index contributed by atoms with van der Waals surface area (Å²) in [4.78, 5) is 27.7. The van der Waals surface area contributed by atoms with E-state index in [-0.39, 0.29) is 17.9 Å². The van der Waals surface area contributed by atoms with E-state index in [0.29, 0.717) is 44.2 Å². The third-order valence-corrected chi connectivity index (χ3v) is 6.22. The predicted molar refractivity (Wildman–Crippen MR) is 123 cm³/mol. The zero-order valence-corrected chi connectivity index (χ0v) is 18.6. The third-order valence-electron chi connectivity index (χ3n) is 5.89. The molecule has 31 heavy (non-hydrogen) atoms. The molecule has 2 heterocycles. The SMILES string of the molecule is Cc1oc2c(C)c(OCC(=O)N3CCCCCC3)ccc2c(=O)c1-c1ccccc1Cl. The Morgan fingerprint density at radius 3 is 2.48 bits per heavy atom. The average molecular weight is 440 g/mol. The van der Waals surface area contributed by atoms with E-state index in [1.807, 2.05) is 30.0 Å². The first-order valence-corrected chi connectivity index (χ1v) is 11.1. The van der Waals surface area contributed by atoms with E-state index < -0.39 is 0 Å². The van der Waals surface area contributed by atoms with Gasteiger partial charge in [-0.1, -0.05) is 42.6 Å². The number of carbonyl (C=O) groups excluding carboxylic acids is 1. The summed E-state index contributed by atoms with van der Waals surface area (Å²) in [6.07, 6.45) is 4.42. The molecule has 162 valence electrons. The molecule has 1 saturated heterocycles. The molecular formula is C25H26ClNO4. The van der Waals surface area contributed by atoms with E-state index in [1.54, 1.807) is 25.1 Å². The number of nitrogens with zero attached hydrogens (tertiary/aromatic N) is 1. The highest BCUT2D eigenvalue weighted by molar-refractivity contribution is 6.33. The minimum atomic E-state index is -0.137. The molecule has 2 aromatic carbocycles. The number of fused-ring (bicyclic) bond motifs is 1. The molecule has 6 heteroatoms. The monoisotopic (exact) mass is 439 g/mol. The van der Waals surface area contributed by atoms with Crippen LogP contribution in [0.25, 0.3) is 22.1 Å². The Hall–Kier alpha value is -2.79. The van der Waals surface area contributed by atoms with Gasteiger partial charge in [-0.2, -0.15) is 0 Å². The number of rotatable bonds is 4. The number of benzene rings is 2. The summed E-state index contributed by atoms with van der Waals surface area (Å²) in [5.41, 5.74) is 2.15. The molecule has 4 rings (SSSR count). The molecule has 1 aromatic heterocycles. The highest BCUT2D eigenvalue weighted by Crippen LogP contribution is 2.32. The summed E-state index contributed by atoms with van der Waals surface area (Å²) in [6.45, 7) is 5.16. The van der Waals surface area contributed by atoms with E-state index in [4.69, 9.17) is 20.8 Å². The van der Waals surface area contributed by atoms with Gasteiger partial charge in [-0.25, -0.2) is 0 Å². The lowest BCUT2D eigenvalue weighted by Crippen LogP contribution is -2.35. The molecule has 0 radical (unpaired) electrons. The van der Waals surface area contributed by atoms with Crippen LogP contribution in [0.15, 0.2) is 45.6 Å². The van der Waals surface area contributed by atoms with E-state index in [9.17, 15) is 9.59 Å². The Kier molecular flexibility index (Phi) is 6.33. The van der Waals surface area contributed by atoms with Gasteiger partial charge in [0.15, 0.2) is 6.61 Å². The Bertz CT molecular complexity index is 1180. The first-order chi connectivity index (χ1) is 15.0. The van der Waals surface area contributed by atoms with Gasteiger partial charge in [0.25, 0.3) is 5.91 Å². The van der Waals surface area contributed by atoms with Crippen LogP contribution in [0.1, 0.15) is 37.0 Å². The maximum Gasteiger partial charge on any atom is 0.260 e. The van der Waals surface area contributed by atoms with Gasteiger partial charge < -0.3 is 14.1 Å². The summed E-state index contributed by atoms with van der Waals surface area (Å²) in [5.74, 6) is 1.03. The van der Waals surface area contributed by atoms with Crippen LogP contribution in [0.3, 0.4) is 0 Å². The molecule has 1 amide bonds. The van der Waals surface area contributed by atoms with Gasteiger partial charge in [-0.15, -0.1) is 0 Å². The number of aryl methyl sites for hydroxylation is 2. The van der Waals surface area contributed by atoms with Gasteiger partial charge in [0, 0.05) is 29.2 Å². The van der Waals surface area contributed by atoms with E-state index in [0.717, 1.165) is 25.9 Å². The second-order valence-electron chi connectivity index (χ2n) is 7.99. The molecule has 5 nitrogen and oxygen atoms in total. The largest absolute Gasteiger partial charge is 0.483 e. The van der Waals surface area contributed by atoms with Crippen LogP contribution in [0.2, 0.25) is 5.02 Å². The zero-order chi connectivity index (χ0) is 22.0. The highest BCUT2D eigenvalue weighted by atomic mass is 35.5. The molecule has 1 aliphatic heterocycles. The maximum absolute atomic E-state index is 13.3. The van der Waals surface area contributed by atoms with Crippen LogP contribution in [0, 0.1) is 13.8 Å². The Balaban J connectivity index is 1.64. The van der Waals surface area contributed by atoms with Gasteiger partial charge >= 0.3 is 0 Å². The molecule has 1 aliphatic rings. The topological polar surface area (TPSA) is 59.8 Å². The fraction of sp³-hybridized carbons (Fsp3) is 0.360. The van der Waals surface area contributed by atoms with Crippen molar-refractivity contribution in [2.75, 3.05) is 19.7 Å². The molecule has 0 unspecified atom stereocenters. The molecule has 0 bridgehead atoms. The van der Waals surface area contributed by atoms with Gasteiger partial charge in [0.1, 0.15) is 17.1 Å². The zero-order valence-electron chi connectivity index (χ0n) is 17.9. The van der Waals surface area contributed by atoms with Crippen molar-refractivity contribution < 1.29 is 13.9 Å². The van der Waals surface area contributed by atoms with Crippen molar-refractivity contribution in [3.63, 3.8) is 0 Å². The third kappa shape index (κ3) is 4.33. The lowest BCUT2D eigenvalue weighted by Gasteiger charge is -2.20. The minimum absolute atomic E-state index is 0.00639. The maximum atomic E-state index is 13.3. The van der Waals surface area contributed by atoms with Crippen molar-refractivity contribution >= 4 is 28.5 Å². The van der Waals surface area contributed by atoms with Crippen molar-refractivity contribution in [3.8, 4) is 16.9 Å². The van der Waals surface area contributed by atoms with Crippen LogP contribution >= 0.6 is 11.6 Å². The number of halogens is 1. The second kappa shape index (κ2) is 9.15. The van der Waals surface area contributed by atoms with Crippen LogP contribution in [0.4, 0.5) is 0 Å². The lowest BCUT2D eigenvalue weighted by atomic mass is 10.0. The number of hydrogen-bond acceptors (Lipinski definition) is 4. The van der Waals surface area contributed by atoms with Crippen molar-refractivity contribution in [3.05, 3.63) is 63.0 Å². The fourth-order valence-corrected chi connectivity index (χ4v) is 4.40. The Morgan fingerprint density at radius 2 is 1.77 bits per heavy atom. The number of carbonyl (C=O) groups is 1. The summed E-state index contributed by atoms with van der Waals surface area (Å²) in [7, 11) is 0. The predicted octanol–water partition coefficient (Wildman–Crippen LogP) is 5.51. The van der Waals surface area contributed by atoms with Crippen molar-refractivity contribution in [2.24, 2.45) is 0 Å². The van der Waals surface area contributed by atoms with Gasteiger partial charge in [0.05, 0.1) is 10.9 Å². The van der Waals surface area contributed by atoms with Crippen LogP contribution in [-0.2, 0) is 4.79 Å². The first-order valence-electron chi connectivity index (χ1n) is 10.7. The molecular weight excluding hydrogens is 414 g/mol. The molecule has 0 N–H and O–H groups in total. The number of ether oxygens (including phenoxy) is 1. The summed E-state index contributed by atoms with van der Waals surface area (Å²) in [5, 5.41) is 0.963. The van der Waals surface area contributed by atoms with Crippen molar-refractivity contribution in [1.82, 2.24) is 4.90 Å². The molecule has 0 saturated carbocycles. The van der Waals surface area contributed by atoms with E-state index >= 15 is 0 Å². The quantitative estimate of drug-likeness (QED) is 0.537. The number of hydrogen-bond donors (Lipinski definition) is 0. The van der Waals surface area contributed by atoms with Gasteiger partial charge in [0.2, 0.25) is 5.43 Å². The molecule has 0 aliphatic carbocycles. The summed E-state index contributed by atoms with van der Waals surface area (Å²) < 4.78 is 11.9. The summed E-state index contributed by atoms with van der Waals surface area (Å²) in [6, 6.07) is 10.7. The van der Waals surface area contributed by atoms with E-state index in [2.05, 4.69) is 0 Å². The van der Waals surface area contributed by atoms with Gasteiger partial charge in [-0.05, 0) is 44.9 Å². The van der Waals surface area contributed by atoms with Crippen LogP contribution in [-0.4, -0.2) is 30.5 Å². The summed E-state index contributed by atoms with van der Waals surface area (Å²) >= 11 is 6.32. The van der Waals surface area contributed by atoms with E-state index in [1.165, 1.54) is 12.8 Å². The number of amides is 1. The van der Waals surface area contributed by atoms with Gasteiger partial charge in [-0.3, -0.25) is 9.59 Å². The normalized spacial score (nSPS) is 14.5. The minimum Gasteiger partial charge on any atom is -0.483 e. The van der Waals surface area contributed by atoms with Crippen molar-refractivity contribution in [2.45, 2.75) is 39.5 Å². The highest BCUT2D eigenvalue weighted by Gasteiger charge is 2.20. The number of likely N-dealkylation sites (tertiary alicyclic amines) is 1. The van der Waals surface area contributed by atoms with Crippen LogP contribution < -0.4 is 10.2 Å². The Labute approximate surface area is 186 Å². The standard InChI is InChI=1S/C25H26ClNO4/c1-16-21(30-15-22(28)27-13-7-3-4-8-14-27)12-11-19-24(29)23(17(2)31-25(16)19)18-9-5-6-10-20(18)26/h5-6,9-12H,3-4,7-8,13-15H2,1-2H3. The Morgan fingerprint density at radius 1 is 1.06 bits per heavy atom. The fourth-order valence-electron chi connectivity index (χ4n) is 4.17. The van der Waals surface area contributed by atoms with Crippen molar-refractivity contribution in [1.29, 1.82) is 0 Å². The molecule has 1 fully saturated rings. The molecule has 0 atom stereocenters. The first kappa shape index (κ1) is 21.4. The second-order valence-corrected chi connectivity index (χ2v) is 8.40. The average Bonchev–Trinajstić information content (AvgIpc) is 3.04. The smallest absolute Gasteiger partial charge is 0.260 e. The lowest BCUT2D eigenvalue weighted by molar-refractivity contribution is -0.133. The molecule has 3 aromatic rings.